The molecule has 0 unspecified atom stereocenters. The largest absolute Gasteiger partial charge is 0.456 e. The summed E-state index contributed by atoms with van der Waals surface area (Å²) < 4.78 is 8.80. The molecule has 0 bridgehead atoms. The van der Waals surface area contributed by atoms with Crippen LogP contribution in [0.3, 0.4) is 0 Å². The Morgan fingerprint density at radius 1 is 0.373 bits per heavy atom. The topological polar surface area (TPSA) is 16.4 Å². The van der Waals surface area contributed by atoms with E-state index in [0.29, 0.717) is 0 Å². The average molecular weight is 670 g/mol. The van der Waals surface area contributed by atoms with Gasteiger partial charge in [0, 0.05) is 37.6 Å². The molecule has 3 heteroatoms. The van der Waals surface area contributed by atoms with E-state index in [0.717, 1.165) is 44.6 Å². The normalized spacial score (nSPS) is 11.5. The minimum Gasteiger partial charge on any atom is -0.456 e. The molecule has 0 amide bonds. The maximum absolute atomic E-state index is 6.24. The van der Waals surface area contributed by atoms with Crippen molar-refractivity contribution in [3.8, 4) is 33.4 Å². The van der Waals surface area contributed by atoms with Crippen LogP contribution in [0, 0.1) is 0 Å². The van der Waals surface area contributed by atoms with Crippen molar-refractivity contribution in [3.63, 3.8) is 0 Å². The third-order valence-electron chi connectivity index (χ3n) is 9.89. The molecular weight excluding hydrogens is 639 g/mol. The standard InChI is InChI=1S/C48H31NOS/c1-3-12-32(13-4-1)33-22-25-36(26-23-33)49(44-19-11-18-41-40-17-8-10-21-47(40)51-48(41)44)37-27-28-38(34-14-5-2-6-15-34)42(31-37)35-24-29-46-43(30-35)39-16-7-9-20-45(39)50-46/h1-31H. The molecule has 0 aliphatic carbocycles. The molecule has 8 aromatic carbocycles. The summed E-state index contributed by atoms with van der Waals surface area (Å²) in [6, 6.07) is 67.5. The third-order valence-corrected chi connectivity index (χ3v) is 11.1. The van der Waals surface area contributed by atoms with Crippen LogP contribution < -0.4 is 4.90 Å². The Kier molecular flexibility index (Phi) is 7.04. The van der Waals surface area contributed by atoms with E-state index in [2.05, 4.69) is 181 Å². The van der Waals surface area contributed by atoms with E-state index in [4.69, 9.17) is 4.42 Å². The molecule has 240 valence electrons. The summed E-state index contributed by atoms with van der Waals surface area (Å²) in [5.41, 5.74) is 12.3. The van der Waals surface area contributed by atoms with Gasteiger partial charge in [-0.3, -0.25) is 0 Å². The summed E-state index contributed by atoms with van der Waals surface area (Å²) in [5, 5.41) is 4.82. The molecule has 0 radical (unpaired) electrons. The summed E-state index contributed by atoms with van der Waals surface area (Å²) in [6.45, 7) is 0. The Bertz CT molecular complexity index is 2850. The van der Waals surface area contributed by atoms with Crippen molar-refractivity contribution in [1.82, 2.24) is 0 Å². The molecule has 2 aromatic heterocycles. The first-order valence-electron chi connectivity index (χ1n) is 17.3. The van der Waals surface area contributed by atoms with Crippen molar-refractivity contribution in [2.75, 3.05) is 4.90 Å². The van der Waals surface area contributed by atoms with Gasteiger partial charge in [-0.05, 0) is 88.0 Å². The van der Waals surface area contributed by atoms with Gasteiger partial charge in [0.1, 0.15) is 11.2 Å². The van der Waals surface area contributed by atoms with E-state index in [1.54, 1.807) is 0 Å². The van der Waals surface area contributed by atoms with Gasteiger partial charge in [-0.2, -0.15) is 0 Å². The van der Waals surface area contributed by atoms with E-state index >= 15 is 0 Å². The minimum absolute atomic E-state index is 0.897. The minimum atomic E-state index is 0.897. The fourth-order valence-corrected chi connectivity index (χ4v) is 8.65. The van der Waals surface area contributed by atoms with Gasteiger partial charge in [-0.1, -0.05) is 133 Å². The Labute approximate surface area is 300 Å². The van der Waals surface area contributed by atoms with Gasteiger partial charge in [0.2, 0.25) is 0 Å². The van der Waals surface area contributed by atoms with Gasteiger partial charge >= 0.3 is 0 Å². The van der Waals surface area contributed by atoms with E-state index < -0.39 is 0 Å². The molecule has 2 heterocycles. The number of rotatable bonds is 6. The Hall–Kier alpha value is -6.42. The number of fused-ring (bicyclic) bond motifs is 6. The number of furan rings is 1. The smallest absolute Gasteiger partial charge is 0.135 e. The summed E-state index contributed by atoms with van der Waals surface area (Å²) in [5.74, 6) is 0. The van der Waals surface area contributed by atoms with Gasteiger partial charge in [0.25, 0.3) is 0 Å². The number of thiophene rings is 1. The first-order valence-corrected chi connectivity index (χ1v) is 18.1. The fourth-order valence-electron chi connectivity index (χ4n) is 7.44. The number of nitrogens with zero attached hydrogens (tertiary/aromatic N) is 1. The molecule has 0 spiro atoms. The first kappa shape index (κ1) is 29.5. The second-order valence-electron chi connectivity index (χ2n) is 12.9. The second kappa shape index (κ2) is 12.2. The number of hydrogen-bond donors (Lipinski definition) is 0. The maximum atomic E-state index is 6.24. The van der Waals surface area contributed by atoms with Gasteiger partial charge in [0.15, 0.2) is 0 Å². The second-order valence-corrected chi connectivity index (χ2v) is 14.0. The van der Waals surface area contributed by atoms with Crippen LogP contribution in [-0.4, -0.2) is 0 Å². The Balaban J connectivity index is 1.21. The van der Waals surface area contributed by atoms with Gasteiger partial charge < -0.3 is 9.32 Å². The molecular formula is C48H31NOS. The van der Waals surface area contributed by atoms with Crippen LogP contribution in [0.25, 0.3) is 75.5 Å². The van der Waals surface area contributed by atoms with Crippen molar-refractivity contribution in [1.29, 1.82) is 0 Å². The Morgan fingerprint density at radius 2 is 1.00 bits per heavy atom. The van der Waals surface area contributed by atoms with E-state index in [-0.39, 0.29) is 0 Å². The lowest BCUT2D eigenvalue weighted by Crippen LogP contribution is -2.10. The summed E-state index contributed by atoms with van der Waals surface area (Å²) in [7, 11) is 0. The highest BCUT2D eigenvalue weighted by Gasteiger charge is 2.21. The van der Waals surface area contributed by atoms with Crippen LogP contribution in [0.2, 0.25) is 0 Å². The van der Waals surface area contributed by atoms with Gasteiger partial charge in [0.05, 0.1) is 10.4 Å². The highest BCUT2D eigenvalue weighted by Crippen LogP contribution is 2.47. The maximum Gasteiger partial charge on any atom is 0.135 e. The van der Waals surface area contributed by atoms with E-state index in [9.17, 15) is 0 Å². The summed E-state index contributed by atoms with van der Waals surface area (Å²) in [6.07, 6.45) is 0. The van der Waals surface area contributed by atoms with E-state index in [1.165, 1.54) is 48.0 Å². The molecule has 0 aliphatic heterocycles. The van der Waals surface area contributed by atoms with Crippen LogP contribution >= 0.6 is 11.3 Å². The SMILES string of the molecule is c1ccc(-c2ccc(N(c3ccc(-c4ccccc4)c(-c4ccc5oc6ccccc6c5c4)c3)c3cccc4c3sc3ccccc34)cc2)cc1. The number of benzene rings is 8. The zero-order chi connectivity index (χ0) is 33.7. The van der Waals surface area contributed by atoms with Crippen LogP contribution in [-0.2, 0) is 0 Å². The van der Waals surface area contributed by atoms with Gasteiger partial charge in [-0.25, -0.2) is 0 Å². The third kappa shape index (κ3) is 5.10. The zero-order valence-corrected chi connectivity index (χ0v) is 28.5. The lowest BCUT2D eigenvalue weighted by Gasteiger charge is -2.27. The summed E-state index contributed by atoms with van der Waals surface area (Å²) >= 11 is 1.86. The van der Waals surface area contributed by atoms with Crippen molar-refractivity contribution in [3.05, 3.63) is 188 Å². The average Bonchev–Trinajstić information content (AvgIpc) is 3.78. The zero-order valence-electron chi connectivity index (χ0n) is 27.7. The molecule has 10 aromatic rings. The number of anilines is 3. The van der Waals surface area contributed by atoms with Crippen LogP contribution in [0.4, 0.5) is 17.1 Å². The molecule has 0 atom stereocenters. The van der Waals surface area contributed by atoms with E-state index in [1.807, 2.05) is 23.5 Å². The highest BCUT2D eigenvalue weighted by molar-refractivity contribution is 7.26. The Morgan fingerprint density at radius 3 is 1.82 bits per heavy atom. The van der Waals surface area contributed by atoms with Crippen LogP contribution in [0.15, 0.2) is 192 Å². The molecule has 51 heavy (non-hydrogen) atoms. The molecule has 0 saturated carbocycles. The molecule has 0 aliphatic rings. The first-order chi connectivity index (χ1) is 25.3. The lowest BCUT2D eigenvalue weighted by atomic mass is 9.92. The van der Waals surface area contributed by atoms with Crippen molar-refractivity contribution < 1.29 is 4.42 Å². The molecule has 0 fully saturated rings. The highest BCUT2D eigenvalue weighted by atomic mass is 32.1. The number of para-hydroxylation sites is 1. The monoisotopic (exact) mass is 669 g/mol. The molecule has 2 nitrogen and oxygen atoms in total. The van der Waals surface area contributed by atoms with Crippen molar-refractivity contribution in [2.24, 2.45) is 0 Å². The van der Waals surface area contributed by atoms with Crippen LogP contribution in [0.5, 0.6) is 0 Å². The number of hydrogen-bond acceptors (Lipinski definition) is 3. The lowest BCUT2D eigenvalue weighted by molar-refractivity contribution is 0.669. The molecule has 0 saturated heterocycles. The molecule has 10 rings (SSSR count). The summed E-state index contributed by atoms with van der Waals surface area (Å²) in [4.78, 5) is 2.43. The quantitative estimate of drug-likeness (QED) is 0.175. The van der Waals surface area contributed by atoms with Crippen molar-refractivity contribution in [2.45, 2.75) is 0 Å². The van der Waals surface area contributed by atoms with Gasteiger partial charge in [-0.15, -0.1) is 11.3 Å². The fraction of sp³-hybridized carbons (Fsp3) is 0. The predicted molar refractivity (Wildman–Crippen MR) is 218 cm³/mol. The van der Waals surface area contributed by atoms with Crippen LogP contribution in [0.1, 0.15) is 0 Å². The van der Waals surface area contributed by atoms with Crippen molar-refractivity contribution >= 4 is 70.5 Å². The predicted octanol–water partition coefficient (Wildman–Crippen LogP) is 14.4. The molecule has 0 N–H and O–H groups in total.